The molecule has 0 radical (unpaired) electrons. The summed E-state index contributed by atoms with van der Waals surface area (Å²) in [5.74, 6) is -0.212. The van der Waals surface area contributed by atoms with Crippen LogP contribution in [-0.2, 0) is 19.1 Å². The molecule has 0 aliphatic heterocycles. The molecule has 4 rings (SSSR count). The van der Waals surface area contributed by atoms with E-state index >= 15 is 0 Å². The van der Waals surface area contributed by atoms with E-state index in [2.05, 4.69) is 6.07 Å². The van der Waals surface area contributed by atoms with E-state index in [0.29, 0.717) is 17.1 Å². The Kier molecular flexibility index (Phi) is 7.49. The van der Waals surface area contributed by atoms with E-state index in [1.54, 1.807) is 30.3 Å². The van der Waals surface area contributed by atoms with E-state index in [1.807, 2.05) is 51.1 Å². The van der Waals surface area contributed by atoms with Crippen molar-refractivity contribution in [3.63, 3.8) is 0 Å². The Hall–Kier alpha value is -3.59. The van der Waals surface area contributed by atoms with Gasteiger partial charge in [0.1, 0.15) is 23.2 Å². The minimum atomic E-state index is -1.06. The number of esters is 2. The normalized spacial score (nSPS) is 22.7. The number of hydrogen-bond donors (Lipinski definition) is 0. The summed E-state index contributed by atoms with van der Waals surface area (Å²) in [7, 11) is 0. The number of rotatable bonds is 8. The van der Waals surface area contributed by atoms with Gasteiger partial charge in [0.2, 0.25) is 6.10 Å². The highest BCUT2D eigenvalue weighted by atomic mass is 16.6. The Morgan fingerprint density at radius 3 is 2.39 bits per heavy atom. The second kappa shape index (κ2) is 10.6. The second-order valence-corrected chi connectivity index (χ2v) is 10.5. The highest BCUT2D eigenvalue weighted by molar-refractivity contribution is 5.84. The fourth-order valence-corrected chi connectivity index (χ4v) is 5.07. The summed E-state index contributed by atoms with van der Waals surface area (Å²) in [6.07, 6.45) is 7.19. The maximum atomic E-state index is 13.0. The molecule has 0 amide bonds. The predicted molar refractivity (Wildman–Crippen MR) is 135 cm³/mol. The topological polar surface area (TPSA) is 85.6 Å². The zero-order valence-electron chi connectivity index (χ0n) is 21.1. The molecule has 0 aromatic heterocycles. The summed E-state index contributed by atoms with van der Waals surface area (Å²) in [6, 6.07) is 18.4. The molecule has 2 fully saturated rings. The first-order chi connectivity index (χ1) is 17.2. The first-order valence-corrected chi connectivity index (χ1v) is 12.6. The molecule has 2 saturated carbocycles. The maximum absolute atomic E-state index is 13.0. The largest absolute Gasteiger partial charge is 0.457 e. The third-order valence-corrected chi connectivity index (χ3v) is 7.35. The van der Waals surface area contributed by atoms with Gasteiger partial charge < -0.3 is 14.2 Å². The van der Waals surface area contributed by atoms with Crippen LogP contribution in [0.3, 0.4) is 0 Å². The van der Waals surface area contributed by atoms with E-state index in [4.69, 9.17) is 14.2 Å². The van der Waals surface area contributed by atoms with Crippen molar-refractivity contribution in [1.29, 1.82) is 5.26 Å². The van der Waals surface area contributed by atoms with Crippen molar-refractivity contribution in [1.82, 2.24) is 0 Å². The number of carbonyl (C=O) groups is 2. The van der Waals surface area contributed by atoms with Crippen LogP contribution in [0, 0.1) is 28.6 Å². The minimum Gasteiger partial charge on any atom is -0.457 e. The molecule has 0 spiro atoms. The molecule has 2 aliphatic carbocycles. The van der Waals surface area contributed by atoms with Crippen molar-refractivity contribution in [3.05, 3.63) is 72.3 Å². The fraction of sp³-hybridized carbons (Fsp3) is 0.433. The molecular formula is C30H33NO5. The zero-order valence-corrected chi connectivity index (χ0v) is 21.1. The lowest BCUT2D eigenvalue weighted by Crippen LogP contribution is -2.33. The van der Waals surface area contributed by atoms with Crippen LogP contribution in [0.2, 0.25) is 0 Å². The lowest BCUT2D eigenvalue weighted by atomic mass is 9.86. The van der Waals surface area contributed by atoms with Crippen molar-refractivity contribution in [2.45, 2.75) is 64.6 Å². The molecule has 3 atom stereocenters. The molecular weight excluding hydrogens is 454 g/mol. The third kappa shape index (κ3) is 5.96. The standard InChI is InChI=1S/C30H33NO5/c1-29(2)24(15-16-26(32)36-30(3)17-8-5-9-18-30)27(29)28(33)35-25(20-31)21-11-10-14-23(19-21)34-22-12-6-4-7-13-22/h4,6-7,10-16,19,24-25,27H,5,8-9,17-18H2,1-3H3/t24-,25+,27-/m0/s1. The molecule has 188 valence electrons. The molecule has 0 bridgehead atoms. The Bertz CT molecular complexity index is 1160. The van der Waals surface area contributed by atoms with E-state index < -0.39 is 23.6 Å². The van der Waals surface area contributed by atoms with Crippen LogP contribution in [0.1, 0.15) is 64.5 Å². The van der Waals surface area contributed by atoms with Crippen LogP contribution in [0.25, 0.3) is 0 Å². The van der Waals surface area contributed by atoms with Crippen LogP contribution < -0.4 is 4.74 Å². The Morgan fingerprint density at radius 1 is 1.00 bits per heavy atom. The molecule has 0 heterocycles. The molecule has 36 heavy (non-hydrogen) atoms. The van der Waals surface area contributed by atoms with Gasteiger partial charge in [-0.2, -0.15) is 5.26 Å². The summed E-state index contributed by atoms with van der Waals surface area (Å²) in [5.41, 5.74) is -0.245. The Labute approximate surface area is 212 Å². The van der Waals surface area contributed by atoms with Crippen molar-refractivity contribution in [2.24, 2.45) is 17.3 Å². The molecule has 2 aromatic carbocycles. The van der Waals surface area contributed by atoms with Gasteiger partial charge in [0.05, 0.1) is 5.92 Å². The smallest absolute Gasteiger partial charge is 0.330 e. The Balaban J connectivity index is 1.37. The zero-order chi connectivity index (χ0) is 25.8. The maximum Gasteiger partial charge on any atom is 0.330 e. The summed E-state index contributed by atoms with van der Waals surface area (Å²) in [4.78, 5) is 25.4. The van der Waals surface area contributed by atoms with Gasteiger partial charge in [-0.15, -0.1) is 0 Å². The number of nitrogens with zero attached hydrogens (tertiary/aromatic N) is 1. The number of para-hydroxylation sites is 1. The average molecular weight is 488 g/mol. The van der Waals surface area contributed by atoms with Gasteiger partial charge in [-0.05, 0) is 68.2 Å². The van der Waals surface area contributed by atoms with E-state index in [1.165, 1.54) is 12.5 Å². The third-order valence-electron chi connectivity index (χ3n) is 7.35. The first kappa shape index (κ1) is 25.5. The van der Waals surface area contributed by atoms with Crippen LogP contribution in [0.4, 0.5) is 0 Å². The fourth-order valence-electron chi connectivity index (χ4n) is 5.07. The molecule has 6 nitrogen and oxygen atoms in total. The van der Waals surface area contributed by atoms with Gasteiger partial charge in [0, 0.05) is 11.6 Å². The van der Waals surface area contributed by atoms with Gasteiger partial charge >= 0.3 is 11.9 Å². The SMILES string of the molecule is CC1(OC(=O)C=C[C@H]2[C@@H](C(=O)O[C@H](C#N)c3cccc(Oc4ccccc4)c3)C2(C)C)CCCCC1. The van der Waals surface area contributed by atoms with Gasteiger partial charge in [-0.25, -0.2) is 4.79 Å². The summed E-state index contributed by atoms with van der Waals surface area (Å²) in [6.45, 7) is 5.90. The highest BCUT2D eigenvalue weighted by Gasteiger charge is 2.61. The number of benzene rings is 2. The van der Waals surface area contributed by atoms with Gasteiger partial charge in [0.25, 0.3) is 0 Å². The monoisotopic (exact) mass is 487 g/mol. The predicted octanol–water partition coefficient (Wildman–Crippen LogP) is 6.68. The molecule has 2 aliphatic rings. The molecule has 2 aromatic rings. The van der Waals surface area contributed by atoms with E-state index in [-0.39, 0.29) is 17.3 Å². The van der Waals surface area contributed by atoms with Crippen molar-refractivity contribution < 1.29 is 23.8 Å². The van der Waals surface area contributed by atoms with E-state index in [9.17, 15) is 14.9 Å². The van der Waals surface area contributed by atoms with Crippen molar-refractivity contribution >= 4 is 11.9 Å². The number of nitriles is 1. The number of allylic oxidation sites excluding steroid dienone is 1. The lowest BCUT2D eigenvalue weighted by molar-refractivity contribution is -0.155. The number of ether oxygens (including phenoxy) is 3. The second-order valence-electron chi connectivity index (χ2n) is 10.5. The summed E-state index contributed by atoms with van der Waals surface area (Å²) >= 11 is 0. The van der Waals surface area contributed by atoms with E-state index in [0.717, 1.165) is 25.7 Å². The quantitative estimate of drug-likeness (QED) is 0.305. The lowest BCUT2D eigenvalue weighted by Gasteiger charge is -2.32. The van der Waals surface area contributed by atoms with Crippen molar-refractivity contribution in [2.75, 3.05) is 0 Å². The van der Waals surface area contributed by atoms with Gasteiger partial charge in [0.15, 0.2) is 0 Å². The summed E-state index contributed by atoms with van der Waals surface area (Å²) in [5, 5.41) is 9.72. The van der Waals surface area contributed by atoms with Gasteiger partial charge in [-0.1, -0.05) is 56.7 Å². The number of carbonyl (C=O) groups excluding carboxylic acids is 2. The average Bonchev–Trinajstić information content (AvgIpc) is 3.42. The first-order valence-electron chi connectivity index (χ1n) is 12.6. The van der Waals surface area contributed by atoms with Crippen LogP contribution in [0.15, 0.2) is 66.7 Å². The molecule has 0 N–H and O–H groups in total. The van der Waals surface area contributed by atoms with Crippen molar-refractivity contribution in [3.8, 4) is 17.6 Å². The Morgan fingerprint density at radius 2 is 1.69 bits per heavy atom. The molecule has 0 unspecified atom stereocenters. The van der Waals surface area contributed by atoms with Gasteiger partial charge in [-0.3, -0.25) is 4.79 Å². The van der Waals surface area contributed by atoms with Crippen LogP contribution in [-0.4, -0.2) is 17.5 Å². The number of hydrogen-bond acceptors (Lipinski definition) is 6. The summed E-state index contributed by atoms with van der Waals surface area (Å²) < 4.78 is 17.2. The molecule has 6 heteroatoms. The highest BCUT2D eigenvalue weighted by Crippen LogP contribution is 2.59. The van der Waals surface area contributed by atoms with Crippen LogP contribution >= 0.6 is 0 Å². The minimum absolute atomic E-state index is 0.163. The molecule has 0 saturated heterocycles. The van der Waals surface area contributed by atoms with Crippen LogP contribution in [0.5, 0.6) is 11.5 Å².